The van der Waals surface area contributed by atoms with E-state index in [1.807, 2.05) is 12.1 Å². The molecule has 0 amide bonds. The molecular weight excluding hydrogens is 176 g/mol. The second-order valence-corrected chi connectivity index (χ2v) is 4.30. The molecule has 0 fully saturated rings. The van der Waals surface area contributed by atoms with Crippen LogP contribution in [0.3, 0.4) is 0 Å². The number of thiophene rings is 2. The third-order valence-electron chi connectivity index (χ3n) is 1.34. The molecule has 2 nitrogen and oxygen atoms in total. The lowest BCUT2D eigenvalue weighted by molar-refractivity contribution is 1.53. The molecular formula is C7H4N2S2. The highest BCUT2D eigenvalue weighted by atomic mass is 32.1. The molecule has 0 saturated heterocycles. The van der Waals surface area contributed by atoms with Gasteiger partial charge in [0, 0.05) is 9.40 Å². The molecule has 2 aromatic heterocycles. The molecule has 0 radical (unpaired) electrons. The maximum atomic E-state index is 8.56. The average Bonchev–Trinajstić information content (AvgIpc) is 2.43. The van der Waals surface area contributed by atoms with Crippen LogP contribution in [0.1, 0.15) is 4.88 Å². The Morgan fingerprint density at radius 1 is 1.27 bits per heavy atom. The maximum Gasteiger partial charge on any atom is 0.110 e. The van der Waals surface area contributed by atoms with E-state index in [9.17, 15) is 0 Å². The summed E-state index contributed by atoms with van der Waals surface area (Å²) in [5.74, 6) is 0. The molecule has 0 bridgehead atoms. The lowest BCUT2D eigenvalue weighted by atomic mass is 10.5. The minimum absolute atomic E-state index is 0.756. The average molecular weight is 180 g/mol. The quantitative estimate of drug-likeness (QED) is 0.676. The standard InChI is InChI=1S/C7H4N2S2/c8-3-4-1-5-6(10-4)2-7(9)11-5/h1-2H,9H2. The Morgan fingerprint density at radius 2 is 2.00 bits per heavy atom. The van der Waals surface area contributed by atoms with Gasteiger partial charge < -0.3 is 5.73 Å². The number of nitrogens with zero attached hydrogens (tertiary/aromatic N) is 1. The molecule has 0 aliphatic rings. The van der Waals surface area contributed by atoms with Crippen LogP contribution >= 0.6 is 22.7 Å². The van der Waals surface area contributed by atoms with E-state index >= 15 is 0 Å². The first-order valence-electron chi connectivity index (χ1n) is 2.98. The molecule has 0 atom stereocenters. The van der Waals surface area contributed by atoms with Crippen molar-refractivity contribution in [2.75, 3.05) is 5.73 Å². The number of hydrogen-bond donors (Lipinski definition) is 1. The van der Waals surface area contributed by atoms with Gasteiger partial charge in [-0.05, 0) is 12.1 Å². The van der Waals surface area contributed by atoms with Crippen molar-refractivity contribution in [2.45, 2.75) is 0 Å². The summed E-state index contributed by atoms with van der Waals surface area (Å²) < 4.78 is 2.23. The first-order valence-corrected chi connectivity index (χ1v) is 4.62. The number of fused-ring (bicyclic) bond motifs is 1. The zero-order valence-electron chi connectivity index (χ0n) is 5.50. The Labute approximate surface area is 71.5 Å². The van der Waals surface area contributed by atoms with Crippen molar-refractivity contribution in [2.24, 2.45) is 0 Å². The van der Waals surface area contributed by atoms with E-state index in [1.54, 1.807) is 0 Å². The van der Waals surface area contributed by atoms with E-state index in [0.29, 0.717) is 0 Å². The van der Waals surface area contributed by atoms with Gasteiger partial charge >= 0.3 is 0 Å². The summed E-state index contributed by atoms with van der Waals surface area (Å²) in [7, 11) is 0. The van der Waals surface area contributed by atoms with E-state index in [2.05, 4.69) is 6.07 Å². The molecule has 54 valence electrons. The van der Waals surface area contributed by atoms with Crippen molar-refractivity contribution < 1.29 is 0 Å². The minimum atomic E-state index is 0.756. The van der Waals surface area contributed by atoms with Crippen LogP contribution in [-0.4, -0.2) is 0 Å². The van der Waals surface area contributed by atoms with Crippen LogP contribution in [0.2, 0.25) is 0 Å². The van der Waals surface area contributed by atoms with Crippen LogP contribution in [0.5, 0.6) is 0 Å². The van der Waals surface area contributed by atoms with Gasteiger partial charge in [0.15, 0.2) is 0 Å². The SMILES string of the molecule is N#Cc1cc2sc(N)cc2s1. The molecule has 2 heterocycles. The summed E-state index contributed by atoms with van der Waals surface area (Å²) in [4.78, 5) is 0.756. The fourth-order valence-corrected chi connectivity index (χ4v) is 2.88. The second kappa shape index (κ2) is 2.22. The van der Waals surface area contributed by atoms with Crippen molar-refractivity contribution in [3.05, 3.63) is 17.0 Å². The van der Waals surface area contributed by atoms with Gasteiger partial charge in [-0.15, -0.1) is 22.7 Å². The smallest absolute Gasteiger partial charge is 0.110 e. The number of nitrogen functional groups attached to an aromatic ring is 1. The summed E-state index contributed by atoms with van der Waals surface area (Å²) in [6, 6.07) is 5.89. The number of rotatable bonds is 0. The van der Waals surface area contributed by atoms with E-state index in [4.69, 9.17) is 11.0 Å². The van der Waals surface area contributed by atoms with E-state index in [1.165, 1.54) is 22.7 Å². The van der Waals surface area contributed by atoms with Crippen LogP contribution in [0.4, 0.5) is 5.00 Å². The second-order valence-electron chi connectivity index (χ2n) is 2.10. The first kappa shape index (κ1) is 6.65. The van der Waals surface area contributed by atoms with Crippen LogP contribution < -0.4 is 5.73 Å². The largest absolute Gasteiger partial charge is 0.391 e. The van der Waals surface area contributed by atoms with Crippen LogP contribution in [-0.2, 0) is 0 Å². The third-order valence-corrected chi connectivity index (χ3v) is 3.36. The number of hydrogen-bond acceptors (Lipinski definition) is 4. The molecule has 0 aliphatic heterocycles. The van der Waals surface area contributed by atoms with E-state index in [0.717, 1.165) is 19.3 Å². The topological polar surface area (TPSA) is 49.8 Å². The number of nitrogens with two attached hydrogens (primary N) is 1. The van der Waals surface area contributed by atoms with Crippen molar-refractivity contribution in [1.29, 1.82) is 5.26 Å². The van der Waals surface area contributed by atoms with Gasteiger partial charge in [0.05, 0.1) is 5.00 Å². The number of nitriles is 1. The Balaban J connectivity index is 2.76. The van der Waals surface area contributed by atoms with Gasteiger partial charge in [-0.1, -0.05) is 0 Å². The summed E-state index contributed by atoms with van der Waals surface area (Å²) >= 11 is 3.01. The predicted octanol–water partition coefficient (Wildman–Crippen LogP) is 2.42. The molecule has 11 heavy (non-hydrogen) atoms. The fraction of sp³-hybridized carbons (Fsp3) is 0. The van der Waals surface area contributed by atoms with Crippen molar-refractivity contribution in [1.82, 2.24) is 0 Å². The molecule has 0 aromatic carbocycles. The van der Waals surface area contributed by atoms with E-state index < -0.39 is 0 Å². The Morgan fingerprint density at radius 3 is 2.64 bits per heavy atom. The third kappa shape index (κ3) is 0.985. The fourth-order valence-electron chi connectivity index (χ4n) is 0.910. The summed E-state index contributed by atoms with van der Waals surface area (Å²) in [6.45, 7) is 0. The molecule has 2 rings (SSSR count). The molecule has 2 aromatic rings. The normalized spacial score (nSPS) is 10.1. The molecule has 0 saturated carbocycles. The summed E-state index contributed by atoms with van der Waals surface area (Å²) in [5, 5.41) is 9.38. The van der Waals surface area contributed by atoms with Gasteiger partial charge in [-0.25, -0.2) is 0 Å². The highest BCUT2D eigenvalue weighted by molar-refractivity contribution is 7.29. The monoisotopic (exact) mass is 180 g/mol. The highest BCUT2D eigenvalue weighted by Crippen LogP contribution is 2.33. The number of anilines is 1. The van der Waals surface area contributed by atoms with Gasteiger partial charge in [0.25, 0.3) is 0 Å². The molecule has 0 unspecified atom stereocenters. The minimum Gasteiger partial charge on any atom is -0.391 e. The van der Waals surface area contributed by atoms with Crippen molar-refractivity contribution in [3.8, 4) is 6.07 Å². The van der Waals surface area contributed by atoms with Gasteiger partial charge in [-0.3, -0.25) is 0 Å². The lowest BCUT2D eigenvalue weighted by Crippen LogP contribution is -1.72. The van der Waals surface area contributed by atoms with Crippen molar-refractivity contribution in [3.63, 3.8) is 0 Å². The molecule has 0 aliphatic carbocycles. The Kier molecular flexibility index (Phi) is 1.34. The first-order chi connectivity index (χ1) is 5.29. The zero-order valence-corrected chi connectivity index (χ0v) is 7.13. The summed E-state index contributed by atoms with van der Waals surface area (Å²) in [6.07, 6.45) is 0. The van der Waals surface area contributed by atoms with E-state index in [-0.39, 0.29) is 0 Å². The Hall–Kier alpha value is -1.05. The maximum absolute atomic E-state index is 8.56. The van der Waals surface area contributed by atoms with Crippen molar-refractivity contribution >= 4 is 37.1 Å². The molecule has 2 N–H and O–H groups in total. The molecule has 4 heteroatoms. The van der Waals surface area contributed by atoms with Crippen LogP contribution in [0, 0.1) is 11.3 Å². The van der Waals surface area contributed by atoms with Gasteiger partial charge in [0.1, 0.15) is 10.9 Å². The van der Waals surface area contributed by atoms with Gasteiger partial charge in [-0.2, -0.15) is 5.26 Å². The lowest BCUT2D eigenvalue weighted by Gasteiger charge is -1.74. The van der Waals surface area contributed by atoms with Gasteiger partial charge in [0.2, 0.25) is 0 Å². The Bertz CT molecular complexity index is 401. The predicted molar refractivity (Wildman–Crippen MR) is 48.8 cm³/mol. The van der Waals surface area contributed by atoms with Crippen LogP contribution in [0.15, 0.2) is 12.1 Å². The summed E-state index contributed by atoms with van der Waals surface area (Å²) in [5.41, 5.74) is 5.57. The zero-order chi connectivity index (χ0) is 7.84. The highest BCUT2D eigenvalue weighted by Gasteiger charge is 2.03. The molecule has 0 spiro atoms. The van der Waals surface area contributed by atoms with Crippen LogP contribution in [0.25, 0.3) is 9.40 Å².